The van der Waals surface area contributed by atoms with E-state index in [-0.39, 0.29) is 29.9 Å². The number of nitrogens with two attached hydrogens (primary N) is 2. The third kappa shape index (κ3) is 7.24. The van der Waals surface area contributed by atoms with Crippen molar-refractivity contribution in [2.24, 2.45) is 27.4 Å². The molecule has 3 aliphatic rings. The largest absolute Gasteiger partial charge is 0.465 e. The maximum Gasteiger partial charge on any atom is 0.313 e. The fraction of sp³-hybridized carbons (Fsp3) is 0.880. The van der Waals surface area contributed by atoms with Crippen LogP contribution in [0, 0.1) is 5.92 Å². The number of rotatable bonds is 14. The quantitative estimate of drug-likeness (QED) is 0.158. The molecule has 8 heteroatoms. The SMILES string of the molecule is CCCCCCCCC[C@H]1C[C@H]2CC[C@H]3[C@H](C(=O)OCCCCN=C(N)N)[C@@H](C)N=C(N1)N23. The molecule has 3 aliphatic heterocycles. The highest BCUT2D eigenvalue weighted by atomic mass is 16.5. The van der Waals surface area contributed by atoms with Crippen molar-refractivity contribution in [2.75, 3.05) is 13.2 Å². The first-order chi connectivity index (χ1) is 16.0. The van der Waals surface area contributed by atoms with E-state index in [0.29, 0.717) is 25.2 Å². The summed E-state index contributed by atoms with van der Waals surface area (Å²) in [6.07, 6.45) is 15.6. The van der Waals surface area contributed by atoms with Crippen molar-refractivity contribution >= 4 is 17.9 Å². The van der Waals surface area contributed by atoms with E-state index in [1.54, 1.807) is 0 Å². The second-order valence-electron chi connectivity index (χ2n) is 10.1. The Labute approximate surface area is 200 Å². The van der Waals surface area contributed by atoms with E-state index < -0.39 is 0 Å². The number of hydrogen-bond donors (Lipinski definition) is 3. The third-order valence-electron chi connectivity index (χ3n) is 7.46. The van der Waals surface area contributed by atoms with Gasteiger partial charge in [0.15, 0.2) is 11.9 Å². The molecule has 0 bridgehead atoms. The van der Waals surface area contributed by atoms with Gasteiger partial charge in [0.2, 0.25) is 0 Å². The maximum absolute atomic E-state index is 12.9. The second kappa shape index (κ2) is 13.0. The van der Waals surface area contributed by atoms with Crippen molar-refractivity contribution in [2.45, 2.75) is 121 Å². The molecule has 8 nitrogen and oxygen atoms in total. The number of nitrogens with zero attached hydrogens (tertiary/aromatic N) is 3. The number of nitrogens with one attached hydrogen (secondary N) is 1. The molecule has 188 valence electrons. The van der Waals surface area contributed by atoms with Gasteiger partial charge in [0.1, 0.15) is 0 Å². The van der Waals surface area contributed by atoms with Crippen LogP contribution in [0.3, 0.4) is 0 Å². The van der Waals surface area contributed by atoms with Crippen molar-refractivity contribution in [3.63, 3.8) is 0 Å². The molecule has 0 amide bonds. The smallest absolute Gasteiger partial charge is 0.313 e. The van der Waals surface area contributed by atoms with E-state index in [2.05, 4.69) is 29.1 Å². The van der Waals surface area contributed by atoms with Gasteiger partial charge in [-0.25, -0.2) is 4.99 Å². The van der Waals surface area contributed by atoms with E-state index in [1.165, 1.54) is 51.4 Å². The van der Waals surface area contributed by atoms with Gasteiger partial charge in [-0.1, -0.05) is 51.9 Å². The number of aliphatic imine (C=N–C) groups is 2. The normalized spacial score (nSPS) is 28.0. The molecule has 0 saturated carbocycles. The van der Waals surface area contributed by atoms with Crippen LogP contribution in [0.4, 0.5) is 0 Å². The minimum absolute atomic E-state index is 0.0565. The summed E-state index contributed by atoms with van der Waals surface area (Å²) >= 11 is 0. The average Bonchev–Trinajstić information content (AvgIpc) is 3.19. The van der Waals surface area contributed by atoms with E-state index in [9.17, 15) is 4.79 Å². The third-order valence-corrected chi connectivity index (χ3v) is 7.46. The average molecular weight is 463 g/mol. The molecule has 0 aromatic heterocycles. The number of guanidine groups is 2. The summed E-state index contributed by atoms with van der Waals surface area (Å²) in [7, 11) is 0. The van der Waals surface area contributed by atoms with Crippen LogP contribution in [-0.4, -0.2) is 60.1 Å². The summed E-state index contributed by atoms with van der Waals surface area (Å²) in [4.78, 5) is 24.2. The Morgan fingerprint density at radius 2 is 1.88 bits per heavy atom. The standard InChI is InChI=1S/C25H46N6O2/c1-3-4-5-6-7-8-9-12-19-17-20-13-14-21-22(18(2)29-25(30-19)31(20)21)23(32)33-16-11-10-15-28-24(26)27/h18-22H,3-17H2,1-2H3,(H,29,30)(H4,26,27,28)/t18-,19+,20-,21+,22-/m1/s1. The number of unbranched alkanes of at least 4 members (excludes halogenated alkanes) is 7. The van der Waals surface area contributed by atoms with Crippen LogP contribution in [0.15, 0.2) is 9.98 Å². The highest BCUT2D eigenvalue weighted by molar-refractivity contribution is 5.86. The van der Waals surface area contributed by atoms with Gasteiger partial charge < -0.3 is 26.4 Å². The number of carbonyl (C=O) groups excluding carboxylic acids is 1. The van der Waals surface area contributed by atoms with Gasteiger partial charge in [0, 0.05) is 24.7 Å². The van der Waals surface area contributed by atoms with E-state index in [1.807, 2.05) is 0 Å². The van der Waals surface area contributed by atoms with Crippen LogP contribution in [0.25, 0.3) is 0 Å². The Hall–Kier alpha value is -1.99. The molecule has 3 heterocycles. The highest BCUT2D eigenvalue weighted by Gasteiger charge is 2.50. The van der Waals surface area contributed by atoms with E-state index in [0.717, 1.165) is 38.1 Å². The van der Waals surface area contributed by atoms with Gasteiger partial charge in [-0.2, -0.15) is 0 Å². The van der Waals surface area contributed by atoms with Crippen LogP contribution in [0.1, 0.15) is 97.3 Å². The molecular formula is C25H46N6O2. The van der Waals surface area contributed by atoms with Gasteiger partial charge in [-0.05, 0) is 45.4 Å². The fourth-order valence-corrected chi connectivity index (χ4v) is 5.75. The molecule has 0 aromatic carbocycles. The lowest BCUT2D eigenvalue weighted by molar-refractivity contribution is -0.151. The molecule has 0 unspecified atom stereocenters. The molecule has 0 aromatic rings. The Balaban J connectivity index is 1.45. The van der Waals surface area contributed by atoms with Crippen LogP contribution in [0.2, 0.25) is 0 Å². The van der Waals surface area contributed by atoms with Crippen molar-refractivity contribution in [1.82, 2.24) is 10.2 Å². The Kier molecular flexibility index (Phi) is 10.1. The first-order valence-corrected chi connectivity index (χ1v) is 13.4. The zero-order valence-electron chi connectivity index (χ0n) is 20.8. The zero-order chi connectivity index (χ0) is 23.6. The van der Waals surface area contributed by atoms with Crippen LogP contribution >= 0.6 is 0 Å². The van der Waals surface area contributed by atoms with Crippen molar-refractivity contribution < 1.29 is 9.53 Å². The van der Waals surface area contributed by atoms with Crippen molar-refractivity contribution in [1.29, 1.82) is 0 Å². The second-order valence-corrected chi connectivity index (χ2v) is 10.1. The minimum atomic E-state index is -0.182. The molecule has 2 fully saturated rings. The predicted octanol–water partition coefficient (Wildman–Crippen LogP) is 3.29. The predicted molar refractivity (Wildman–Crippen MR) is 134 cm³/mol. The summed E-state index contributed by atoms with van der Waals surface area (Å²) in [5.41, 5.74) is 10.7. The minimum Gasteiger partial charge on any atom is -0.465 e. The lowest BCUT2D eigenvalue weighted by atomic mass is 9.89. The highest BCUT2D eigenvalue weighted by Crippen LogP contribution is 2.39. The van der Waals surface area contributed by atoms with E-state index in [4.69, 9.17) is 21.2 Å². The molecule has 0 aliphatic carbocycles. The fourth-order valence-electron chi connectivity index (χ4n) is 5.75. The summed E-state index contributed by atoms with van der Waals surface area (Å²) < 4.78 is 5.64. The molecule has 2 saturated heterocycles. The lowest BCUT2D eigenvalue weighted by Crippen LogP contribution is -2.63. The first-order valence-electron chi connectivity index (χ1n) is 13.4. The molecular weight excluding hydrogens is 416 g/mol. The molecule has 5 N–H and O–H groups in total. The molecule has 0 radical (unpaired) electrons. The first kappa shape index (κ1) is 25.6. The number of carbonyl (C=O) groups is 1. The van der Waals surface area contributed by atoms with Crippen LogP contribution < -0.4 is 16.8 Å². The Bertz CT molecular complexity index is 678. The topological polar surface area (TPSA) is 118 Å². The molecule has 3 rings (SSSR count). The van der Waals surface area contributed by atoms with Crippen molar-refractivity contribution in [3.8, 4) is 0 Å². The Morgan fingerprint density at radius 1 is 1.12 bits per heavy atom. The summed E-state index contributed by atoms with van der Waals surface area (Å²) in [6.45, 7) is 5.30. The number of hydrogen-bond acceptors (Lipinski definition) is 6. The van der Waals surface area contributed by atoms with Gasteiger partial charge in [0.05, 0.1) is 18.6 Å². The molecule has 0 spiro atoms. The number of ether oxygens (including phenoxy) is 1. The van der Waals surface area contributed by atoms with Gasteiger partial charge in [-0.3, -0.25) is 9.79 Å². The zero-order valence-corrected chi connectivity index (χ0v) is 20.8. The summed E-state index contributed by atoms with van der Waals surface area (Å²) in [5.74, 6) is 0.837. The van der Waals surface area contributed by atoms with Crippen LogP contribution in [-0.2, 0) is 9.53 Å². The van der Waals surface area contributed by atoms with Gasteiger partial charge >= 0.3 is 5.97 Å². The Morgan fingerprint density at radius 3 is 2.64 bits per heavy atom. The molecule has 5 atom stereocenters. The van der Waals surface area contributed by atoms with Gasteiger partial charge in [0.25, 0.3) is 0 Å². The van der Waals surface area contributed by atoms with Gasteiger partial charge in [-0.15, -0.1) is 0 Å². The molecule has 33 heavy (non-hydrogen) atoms. The summed E-state index contributed by atoms with van der Waals surface area (Å²) in [5, 5.41) is 3.72. The monoisotopic (exact) mass is 462 g/mol. The maximum atomic E-state index is 12.9. The van der Waals surface area contributed by atoms with E-state index >= 15 is 0 Å². The summed E-state index contributed by atoms with van der Waals surface area (Å²) in [6, 6.07) is 1.17. The number of esters is 1. The van der Waals surface area contributed by atoms with Crippen LogP contribution in [0.5, 0.6) is 0 Å². The van der Waals surface area contributed by atoms with Crippen molar-refractivity contribution in [3.05, 3.63) is 0 Å². The lowest BCUT2D eigenvalue weighted by Gasteiger charge is -2.46.